The second-order valence-corrected chi connectivity index (χ2v) is 12.2. The molecule has 3 unspecified atom stereocenters. The number of anilines is 2. The van der Waals surface area contributed by atoms with Gasteiger partial charge in [-0.15, -0.1) is 0 Å². The Labute approximate surface area is 256 Å². The van der Waals surface area contributed by atoms with E-state index in [0.29, 0.717) is 68.3 Å². The molecule has 12 heteroatoms. The van der Waals surface area contributed by atoms with E-state index >= 15 is 0 Å². The van der Waals surface area contributed by atoms with Crippen LogP contribution in [0.5, 0.6) is 0 Å². The van der Waals surface area contributed by atoms with Gasteiger partial charge in [0.15, 0.2) is 6.29 Å². The minimum absolute atomic E-state index is 0.0201. The summed E-state index contributed by atoms with van der Waals surface area (Å²) in [5.41, 5.74) is 9.34. The Balaban J connectivity index is 1.23. The van der Waals surface area contributed by atoms with Gasteiger partial charge < -0.3 is 45.5 Å². The molecule has 3 saturated heterocycles. The number of fused-ring (bicyclic) bond motifs is 2. The number of amides is 2. The normalized spacial score (nSPS) is 27.4. The maximum Gasteiger partial charge on any atom is 0.407 e. The summed E-state index contributed by atoms with van der Waals surface area (Å²) in [5, 5.41) is 27.5. The Bertz CT molecular complexity index is 1310. The molecule has 12 nitrogen and oxygen atoms in total. The quantitative estimate of drug-likeness (QED) is 0.238. The number of nitrogens with one attached hydrogen (secondary N) is 2. The van der Waals surface area contributed by atoms with Crippen molar-refractivity contribution in [2.75, 3.05) is 50.6 Å². The lowest BCUT2D eigenvalue weighted by atomic mass is 9.95. The molecule has 6 rings (SSSR count). The van der Waals surface area contributed by atoms with E-state index in [1.54, 1.807) is 12.1 Å². The predicted octanol–water partition coefficient (Wildman–Crippen LogP) is 1.94. The Morgan fingerprint density at radius 1 is 1.11 bits per heavy atom. The van der Waals surface area contributed by atoms with Crippen molar-refractivity contribution in [2.24, 2.45) is 11.8 Å². The highest BCUT2D eigenvalue weighted by Gasteiger charge is 2.42. The van der Waals surface area contributed by atoms with Gasteiger partial charge in [0.1, 0.15) is 12.1 Å². The lowest BCUT2D eigenvalue weighted by molar-refractivity contribution is -0.179. The molecule has 2 aromatic carbocycles. The summed E-state index contributed by atoms with van der Waals surface area (Å²) in [6, 6.07) is 11.6. The second kappa shape index (κ2) is 13.8. The Hall–Kier alpha value is -3.26. The highest BCUT2D eigenvalue weighted by atomic mass is 16.7. The van der Waals surface area contributed by atoms with Crippen LogP contribution in [0.25, 0.3) is 0 Å². The molecule has 6 N–H and O–H groups in total. The van der Waals surface area contributed by atoms with Crippen molar-refractivity contribution in [3.63, 3.8) is 0 Å². The molecule has 2 aromatic rings. The fraction of sp³-hybridized carbons (Fsp3) is 0.562. The minimum atomic E-state index is -1.06. The molecule has 7 atom stereocenters. The molecule has 4 aliphatic heterocycles. The van der Waals surface area contributed by atoms with Crippen LogP contribution in [0.4, 0.5) is 16.2 Å². The summed E-state index contributed by atoms with van der Waals surface area (Å²) in [4.78, 5) is 28.7. The van der Waals surface area contributed by atoms with Gasteiger partial charge in [0.2, 0.25) is 5.91 Å². The summed E-state index contributed by atoms with van der Waals surface area (Å²) in [6.45, 7) is 2.57. The summed E-state index contributed by atoms with van der Waals surface area (Å²) in [5.74, 6) is -0.112. The zero-order chi connectivity index (χ0) is 30.6. The first-order valence-corrected chi connectivity index (χ1v) is 15.5. The van der Waals surface area contributed by atoms with Crippen molar-refractivity contribution < 1.29 is 38.7 Å². The molecule has 0 radical (unpaired) electrons. The van der Waals surface area contributed by atoms with Crippen LogP contribution in [0.3, 0.4) is 0 Å². The number of aliphatic hydroxyl groups excluding tert-OH is 2. The van der Waals surface area contributed by atoms with Crippen LogP contribution < -0.4 is 16.4 Å². The topological polar surface area (TPSA) is 165 Å². The molecule has 0 aromatic heterocycles. The smallest absolute Gasteiger partial charge is 0.407 e. The van der Waals surface area contributed by atoms with Crippen molar-refractivity contribution >= 4 is 23.4 Å². The first-order chi connectivity index (χ1) is 21.4. The van der Waals surface area contributed by atoms with Crippen molar-refractivity contribution in [3.8, 4) is 0 Å². The van der Waals surface area contributed by atoms with Gasteiger partial charge >= 0.3 is 6.09 Å². The molecule has 0 aliphatic carbocycles. The molecule has 44 heavy (non-hydrogen) atoms. The lowest BCUT2D eigenvalue weighted by Gasteiger charge is -2.35. The van der Waals surface area contributed by atoms with E-state index in [1.165, 1.54) is 0 Å². The Morgan fingerprint density at radius 3 is 2.66 bits per heavy atom. The van der Waals surface area contributed by atoms with Crippen LogP contribution in [0.15, 0.2) is 42.5 Å². The van der Waals surface area contributed by atoms with E-state index in [-0.39, 0.29) is 43.3 Å². The third kappa shape index (κ3) is 6.85. The van der Waals surface area contributed by atoms with Crippen LogP contribution in [0.2, 0.25) is 0 Å². The molecule has 2 amide bonds. The maximum absolute atomic E-state index is 13.4. The third-order valence-corrected chi connectivity index (χ3v) is 9.11. The average molecular weight is 611 g/mol. The van der Waals surface area contributed by atoms with E-state index in [1.807, 2.05) is 35.2 Å². The van der Waals surface area contributed by atoms with Gasteiger partial charge in [-0.05, 0) is 48.4 Å². The zero-order valence-electron chi connectivity index (χ0n) is 24.7. The molecule has 0 spiro atoms. The lowest BCUT2D eigenvalue weighted by Crippen LogP contribution is -2.52. The summed E-state index contributed by atoms with van der Waals surface area (Å²) >= 11 is 0. The number of alkyl carbamates (subject to hydrolysis) is 1. The van der Waals surface area contributed by atoms with Gasteiger partial charge in [-0.1, -0.05) is 30.3 Å². The molecule has 0 bridgehead atoms. The van der Waals surface area contributed by atoms with Crippen LogP contribution in [0, 0.1) is 11.8 Å². The summed E-state index contributed by atoms with van der Waals surface area (Å²) in [7, 11) is 0. The molecule has 4 aliphatic rings. The van der Waals surface area contributed by atoms with E-state index < -0.39 is 24.3 Å². The fourth-order valence-corrected chi connectivity index (χ4v) is 6.86. The Morgan fingerprint density at radius 2 is 1.91 bits per heavy atom. The monoisotopic (exact) mass is 610 g/mol. The number of aliphatic hydroxyl groups is 2. The fourth-order valence-electron chi connectivity index (χ4n) is 6.86. The number of hydrogen-bond acceptors (Lipinski definition) is 10. The van der Waals surface area contributed by atoms with E-state index in [4.69, 9.17) is 24.7 Å². The molecule has 3 fully saturated rings. The van der Waals surface area contributed by atoms with Crippen LogP contribution >= 0.6 is 0 Å². The van der Waals surface area contributed by atoms with E-state index in [2.05, 4.69) is 10.6 Å². The number of hydrogen-bond donors (Lipinski definition) is 5. The number of benzene rings is 2. The van der Waals surface area contributed by atoms with Crippen molar-refractivity contribution in [2.45, 2.75) is 62.9 Å². The number of nitrogens with zero attached hydrogens (tertiary/aromatic N) is 1. The maximum atomic E-state index is 13.4. The standard InChI is InChI=1S/C32H42N4O8/c33-24-13-21(17-37)12-23-28(24)35-30(39)29(23)36(15-20-6-9-41-18-20)16-26(38)25(14-19-4-2-1-3-5-19)34-32(40)44-27-8-11-43-31-22(27)7-10-42-31/h1-5,12-13,20,22,25-27,29,31,37-38H,6-11,14-18,33H2,(H,34,40)(H,35,39)/t20?,22-,25?,26+,27-,29?,31+/m0/s1. The van der Waals surface area contributed by atoms with Crippen LogP contribution in [0.1, 0.15) is 42.0 Å². The number of nitrogens with two attached hydrogens (primary N) is 1. The first-order valence-electron chi connectivity index (χ1n) is 15.5. The highest BCUT2D eigenvalue weighted by Crippen LogP contribution is 2.40. The second-order valence-electron chi connectivity index (χ2n) is 12.2. The minimum Gasteiger partial charge on any atom is -0.446 e. The largest absolute Gasteiger partial charge is 0.446 e. The number of carbonyl (C=O) groups excluding carboxylic acids is 2. The highest BCUT2D eigenvalue weighted by molar-refractivity contribution is 6.05. The van der Waals surface area contributed by atoms with Gasteiger partial charge in [0, 0.05) is 37.6 Å². The summed E-state index contributed by atoms with van der Waals surface area (Å²) < 4.78 is 22.8. The predicted molar refractivity (Wildman–Crippen MR) is 160 cm³/mol. The molecule has 238 valence electrons. The number of carbonyl (C=O) groups is 2. The van der Waals surface area contributed by atoms with Crippen molar-refractivity contribution in [3.05, 3.63) is 59.2 Å². The zero-order valence-corrected chi connectivity index (χ0v) is 24.7. The SMILES string of the molecule is Nc1cc(CO)cc2c1NC(=O)C2N(CC1CCOC1)C[C@@H](O)C(Cc1ccccc1)NC(=O)O[C@H]1CCO[C@H]2OCC[C@H]21. The third-order valence-electron chi connectivity index (χ3n) is 9.11. The number of ether oxygens (including phenoxy) is 4. The van der Waals surface area contributed by atoms with Crippen LogP contribution in [-0.4, -0.2) is 91.2 Å². The van der Waals surface area contributed by atoms with E-state index in [0.717, 1.165) is 18.4 Å². The van der Waals surface area contributed by atoms with Gasteiger partial charge in [-0.2, -0.15) is 0 Å². The van der Waals surface area contributed by atoms with Gasteiger partial charge in [0.25, 0.3) is 0 Å². The number of nitrogen functional groups attached to an aromatic ring is 1. The summed E-state index contributed by atoms with van der Waals surface area (Å²) in [6.07, 6.45) is 0.162. The Kier molecular flexibility index (Phi) is 9.65. The van der Waals surface area contributed by atoms with Crippen LogP contribution in [-0.2, 0) is 36.8 Å². The van der Waals surface area contributed by atoms with Gasteiger partial charge in [-0.3, -0.25) is 9.69 Å². The first kappa shape index (κ1) is 30.8. The molecular formula is C32H42N4O8. The van der Waals surface area contributed by atoms with Crippen molar-refractivity contribution in [1.29, 1.82) is 0 Å². The average Bonchev–Trinajstić information content (AvgIpc) is 3.78. The number of rotatable bonds is 11. The van der Waals surface area contributed by atoms with Gasteiger partial charge in [0.05, 0.1) is 49.9 Å². The molecule has 0 saturated carbocycles. The molecule has 4 heterocycles. The molecular weight excluding hydrogens is 568 g/mol. The van der Waals surface area contributed by atoms with Crippen molar-refractivity contribution in [1.82, 2.24) is 10.2 Å². The van der Waals surface area contributed by atoms with E-state index in [9.17, 15) is 19.8 Å². The van der Waals surface area contributed by atoms with Gasteiger partial charge in [-0.25, -0.2) is 4.79 Å².